The van der Waals surface area contributed by atoms with E-state index >= 15 is 0 Å². The van der Waals surface area contributed by atoms with E-state index in [2.05, 4.69) is 5.32 Å². The summed E-state index contributed by atoms with van der Waals surface area (Å²) in [5, 5.41) is 11.9. The van der Waals surface area contributed by atoms with Gasteiger partial charge in [0, 0.05) is 6.04 Å². The van der Waals surface area contributed by atoms with Crippen molar-refractivity contribution < 1.29 is 5.11 Å². The van der Waals surface area contributed by atoms with Crippen molar-refractivity contribution in [3.63, 3.8) is 0 Å². The molecule has 0 aromatic carbocycles. The summed E-state index contributed by atoms with van der Waals surface area (Å²) >= 11 is 0. The number of aliphatic hydroxyl groups is 1. The Balaban J connectivity index is 3.10. The molecule has 0 heterocycles. The van der Waals surface area contributed by atoms with E-state index in [-0.39, 0.29) is 6.10 Å². The molecule has 0 saturated carbocycles. The Kier molecular flexibility index (Phi) is 3.83. The van der Waals surface area contributed by atoms with Crippen LogP contribution >= 0.6 is 0 Å². The largest absolute Gasteiger partial charge is 0.393 e. The molecule has 0 spiro atoms. The molecule has 0 aliphatic carbocycles. The first-order chi connectivity index (χ1) is 3.66. The Morgan fingerprint density at radius 3 is 2.12 bits per heavy atom. The lowest BCUT2D eigenvalue weighted by Gasteiger charge is -2.10. The number of hydrogen-bond acceptors (Lipinski definition) is 2. The minimum atomic E-state index is -0.183. The van der Waals surface area contributed by atoms with E-state index in [0.717, 1.165) is 6.42 Å². The van der Waals surface area contributed by atoms with Gasteiger partial charge in [-0.2, -0.15) is 0 Å². The summed E-state index contributed by atoms with van der Waals surface area (Å²) in [6.45, 7) is 3.85. The highest BCUT2D eigenvalue weighted by Crippen LogP contribution is 1.93. The van der Waals surface area contributed by atoms with E-state index in [1.165, 1.54) is 0 Å². The van der Waals surface area contributed by atoms with Crippen LogP contribution in [0.5, 0.6) is 0 Å². The lowest BCUT2D eigenvalue weighted by atomic mass is 10.2. The van der Waals surface area contributed by atoms with E-state index in [9.17, 15) is 0 Å². The quantitative estimate of drug-likeness (QED) is 0.559. The maximum Gasteiger partial charge on any atom is 0.0526 e. The molecule has 0 amide bonds. The van der Waals surface area contributed by atoms with Crippen LogP contribution in [0.2, 0.25) is 0 Å². The molecule has 2 nitrogen and oxygen atoms in total. The smallest absolute Gasteiger partial charge is 0.0526 e. The number of aliphatic hydroxyl groups excluding tert-OH is 1. The van der Waals surface area contributed by atoms with Crippen molar-refractivity contribution in [3.05, 3.63) is 0 Å². The van der Waals surface area contributed by atoms with E-state index in [0.29, 0.717) is 6.04 Å². The normalized spacial score (nSPS) is 18.0. The second kappa shape index (κ2) is 3.87. The maximum atomic E-state index is 8.81. The lowest BCUT2D eigenvalue weighted by molar-refractivity contribution is 0.172. The Morgan fingerprint density at radius 1 is 1.50 bits per heavy atom. The van der Waals surface area contributed by atoms with Crippen LogP contribution in [-0.2, 0) is 0 Å². The Labute approximate surface area is 50.9 Å². The first-order valence-electron chi connectivity index (χ1n) is 3.02. The van der Waals surface area contributed by atoms with Crippen LogP contribution in [0.4, 0.5) is 0 Å². The molecular formula is C6H15NO. The summed E-state index contributed by atoms with van der Waals surface area (Å²) in [4.78, 5) is 0. The van der Waals surface area contributed by atoms with Crippen molar-refractivity contribution in [2.45, 2.75) is 32.4 Å². The van der Waals surface area contributed by atoms with Gasteiger partial charge in [-0.15, -0.1) is 0 Å². The first-order valence-corrected chi connectivity index (χ1v) is 3.02. The topological polar surface area (TPSA) is 32.3 Å². The number of nitrogens with one attached hydrogen (secondary N) is 1. The van der Waals surface area contributed by atoms with Crippen molar-refractivity contribution in [1.29, 1.82) is 0 Å². The van der Waals surface area contributed by atoms with Crippen molar-refractivity contribution in [2.75, 3.05) is 7.05 Å². The molecule has 0 radical (unpaired) electrons. The number of rotatable bonds is 3. The third-order valence-corrected chi connectivity index (χ3v) is 1.19. The average molecular weight is 117 g/mol. The highest BCUT2D eigenvalue weighted by atomic mass is 16.3. The monoisotopic (exact) mass is 117 g/mol. The summed E-state index contributed by atoms with van der Waals surface area (Å²) in [5.41, 5.74) is 0. The van der Waals surface area contributed by atoms with E-state index in [1.807, 2.05) is 14.0 Å². The SMILES string of the molecule is CN[C@@H](C)C[C@@H](C)O. The Morgan fingerprint density at radius 2 is 2.00 bits per heavy atom. The van der Waals surface area contributed by atoms with Gasteiger partial charge in [-0.1, -0.05) is 0 Å². The van der Waals surface area contributed by atoms with Gasteiger partial charge in [-0.05, 0) is 27.3 Å². The third kappa shape index (κ3) is 4.09. The Bertz CT molecular complexity index is 54.5. The van der Waals surface area contributed by atoms with Crippen LogP contribution in [0.15, 0.2) is 0 Å². The van der Waals surface area contributed by atoms with Gasteiger partial charge < -0.3 is 10.4 Å². The molecule has 0 unspecified atom stereocenters. The summed E-state index contributed by atoms with van der Waals surface area (Å²) in [7, 11) is 1.90. The summed E-state index contributed by atoms with van der Waals surface area (Å²) in [5.74, 6) is 0. The fraction of sp³-hybridized carbons (Fsp3) is 1.00. The second-order valence-corrected chi connectivity index (χ2v) is 2.27. The van der Waals surface area contributed by atoms with Crippen molar-refractivity contribution in [1.82, 2.24) is 5.32 Å². The molecule has 0 aliphatic rings. The van der Waals surface area contributed by atoms with Crippen molar-refractivity contribution >= 4 is 0 Å². The molecule has 0 saturated heterocycles. The molecule has 2 heteroatoms. The summed E-state index contributed by atoms with van der Waals surface area (Å²) in [6.07, 6.45) is 0.647. The molecule has 0 aromatic rings. The van der Waals surface area contributed by atoms with Crippen LogP contribution in [0.3, 0.4) is 0 Å². The Hall–Kier alpha value is -0.0800. The third-order valence-electron chi connectivity index (χ3n) is 1.19. The molecule has 0 fully saturated rings. The minimum Gasteiger partial charge on any atom is -0.393 e. The lowest BCUT2D eigenvalue weighted by Crippen LogP contribution is -2.25. The second-order valence-electron chi connectivity index (χ2n) is 2.27. The molecule has 0 aromatic heterocycles. The van der Waals surface area contributed by atoms with Crippen LogP contribution in [0.1, 0.15) is 20.3 Å². The molecule has 0 bridgehead atoms. The van der Waals surface area contributed by atoms with E-state index in [4.69, 9.17) is 5.11 Å². The number of hydrogen-bond donors (Lipinski definition) is 2. The molecule has 0 rings (SSSR count). The summed E-state index contributed by atoms with van der Waals surface area (Å²) < 4.78 is 0. The zero-order valence-electron chi connectivity index (χ0n) is 5.81. The van der Waals surface area contributed by atoms with Gasteiger partial charge in [0.05, 0.1) is 6.10 Å². The standard InChI is InChI=1S/C6H15NO/c1-5(7-3)4-6(2)8/h5-8H,4H2,1-3H3/t5-,6+/m0/s1. The minimum absolute atomic E-state index is 0.183. The van der Waals surface area contributed by atoms with Gasteiger partial charge in [-0.25, -0.2) is 0 Å². The predicted molar refractivity (Wildman–Crippen MR) is 34.8 cm³/mol. The van der Waals surface area contributed by atoms with Gasteiger partial charge in [0.15, 0.2) is 0 Å². The zero-order valence-corrected chi connectivity index (χ0v) is 5.81. The van der Waals surface area contributed by atoms with Crippen molar-refractivity contribution in [3.8, 4) is 0 Å². The highest BCUT2D eigenvalue weighted by molar-refractivity contribution is 4.59. The van der Waals surface area contributed by atoms with Crippen LogP contribution < -0.4 is 5.32 Å². The van der Waals surface area contributed by atoms with Crippen LogP contribution in [0.25, 0.3) is 0 Å². The maximum absolute atomic E-state index is 8.81. The molecule has 50 valence electrons. The predicted octanol–water partition coefficient (Wildman–Crippen LogP) is 0.365. The van der Waals surface area contributed by atoms with Gasteiger partial charge in [0.2, 0.25) is 0 Å². The fourth-order valence-corrected chi connectivity index (χ4v) is 0.630. The van der Waals surface area contributed by atoms with Crippen molar-refractivity contribution in [2.24, 2.45) is 0 Å². The van der Waals surface area contributed by atoms with E-state index in [1.54, 1.807) is 6.92 Å². The molecule has 2 atom stereocenters. The summed E-state index contributed by atoms with van der Waals surface area (Å²) in [6, 6.07) is 0.426. The van der Waals surface area contributed by atoms with Gasteiger partial charge in [0.1, 0.15) is 0 Å². The average Bonchev–Trinajstić information content (AvgIpc) is 1.65. The molecular weight excluding hydrogens is 102 g/mol. The van der Waals surface area contributed by atoms with Gasteiger partial charge >= 0.3 is 0 Å². The zero-order chi connectivity index (χ0) is 6.57. The molecule has 0 aliphatic heterocycles. The fourth-order valence-electron chi connectivity index (χ4n) is 0.630. The molecule has 2 N–H and O–H groups in total. The molecule has 8 heavy (non-hydrogen) atoms. The highest BCUT2D eigenvalue weighted by Gasteiger charge is 2.00. The van der Waals surface area contributed by atoms with Gasteiger partial charge in [0.25, 0.3) is 0 Å². The van der Waals surface area contributed by atoms with Crippen LogP contribution in [-0.4, -0.2) is 24.3 Å². The van der Waals surface area contributed by atoms with Gasteiger partial charge in [-0.3, -0.25) is 0 Å². The van der Waals surface area contributed by atoms with Crippen LogP contribution in [0, 0.1) is 0 Å². The first kappa shape index (κ1) is 7.92. The van der Waals surface area contributed by atoms with E-state index < -0.39 is 0 Å².